The third-order valence-electron chi connectivity index (χ3n) is 3.66. The van der Waals surface area contributed by atoms with Gasteiger partial charge in [-0.3, -0.25) is 0 Å². The molecule has 3 aromatic rings. The number of hydrogen-bond acceptors (Lipinski definition) is 1. The maximum atomic E-state index is 5.50. The summed E-state index contributed by atoms with van der Waals surface area (Å²) < 4.78 is 9.96. The highest BCUT2D eigenvalue weighted by atomic mass is 16.5. The van der Waals surface area contributed by atoms with Crippen LogP contribution in [0.1, 0.15) is 6.92 Å². The quantitative estimate of drug-likeness (QED) is 0.667. The zero-order valence-corrected chi connectivity index (χ0v) is 12.1. The molecule has 102 valence electrons. The van der Waals surface area contributed by atoms with Crippen molar-refractivity contribution >= 4 is 11.0 Å². The summed E-state index contributed by atoms with van der Waals surface area (Å²) in [6.07, 6.45) is 0. The van der Waals surface area contributed by atoms with Crippen LogP contribution >= 0.6 is 0 Å². The van der Waals surface area contributed by atoms with Crippen LogP contribution in [-0.4, -0.2) is 11.2 Å². The lowest BCUT2D eigenvalue weighted by atomic mass is 10.2. The molecule has 0 unspecified atom stereocenters. The fourth-order valence-electron chi connectivity index (χ4n) is 2.74. The average Bonchev–Trinajstić information content (AvgIpc) is 2.73. The number of benzene rings is 2. The van der Waals surface area contributed by atoms with E-state index < -0.39 is 0 Å². The van der Waals surface area contributed by atoms with Crippen LogP contribution in [0, 0.1) is 0 Å². The van der Waals surface area contributed by atoms with Crippen LogP contribution < -0.4 is 9.30 Å². The molecule has 0 aliphatic heterocycles. The lowest BCUT2D eigenvalue weighted by Crippen LogP contribution is -2.29. The van der Waals surface area contributed by atoms with E-state index in [0.717, 1.165) is 5.75 Å². The molecule has 0 saturated heterocycles. The molecule has 3 nitrogen and oxygen atoms in total. The van der Waals surface area contributed by atoms with Crippen LogP contribution in [0.25, 0.3) is 22.4 Å². The third-order valence-corrected chi connectivity index (χ3v) is 3.66. The number of imidazole rings is 1. The van der Waals surface area contributed by atoms with E-state index in [1.165, 1.54) is 22.4 Å². The zero-order chi connectivity index (χ0) is 14.1. The van der Waals surface area contributed by atoms with Crippen LogP contribution in [0.2, 0.25) is 0 Å². The van der Waals surface area contributed by atoms with Crippen molar-refractivity contribution in [2.45, 2.75) is 6.92 Å². The molecule has 0 amide bonds. The molecular formula is C17H19N2O+. The summed E-state index contributed by atoms with van der Waals surface area (Å²) in [5.41, 5.74) is 3.66. The molecule has 1 aromatic heterocycles. The number of aryl methyl sites for hydroxylation is 2. The van der Waals surface area contributed by atoms with E-state index in [2.05, 4.69) is 59.6 Å². The summed E-state index contributed by atoms with van der Waals surface area (Å²) in [6.45, 7) is 2.69. The van der Waals surface area contributed by atoms with Gasteiger partial charge in [0.1, 0.15) is 5.75 Å². The van der Waals surface area contributed by atoms with Crippen LogP contribution in [0.15, 0.2) is 48.5 Å². The molecule has 3 heteroatoms. The van der Waals surface area contributed by atoms with Gasteiger partial charge >= 0.3 is 0 Å². The van der Waals surface area contributed by atoms with Crippen molar-refractivity contribution in [1.82, 2.24) is 4.57 Å². The van der Waals surface area contributed by atoms with Crippen molar-refractivity contribution in [3.63, 3.8) is 0 Å². The Morgan fingerprint density at radius 3 is 2.40 bits per heavy atom. The predicted molar refractivity (Wildman–Crippen MR) is 80.7 cm³/mol. The molecule has 0 radical (unpaired) electrons. The summed E-state index contributed by atoms with van der Waals surface area (Å²) in [7, 11) is 4.21. The molecule has 0 spiro atoms. The Balaban J connectivity index is 2.14. The second kappa shape index (κ2) is 5.00. The van der Waals surface area contributed by atoms with Gasteiger partial charge in [-0.15, -0.1) is 0 Å². The molecule has 2 aromatic carbocycles. The van der Waals surface area contributed by atoms with Crippen molar-refractivity contribution in [3.8, 4) is 17.1 Å². The molecule has 20 heavy (non-hydrogen) atoms. The number of hydrogen-bond donors (Lipinski definition) is 0. The minimum absolute atomic E-state index is 0.696. The highest BCUT2D eigenvalue weighted by Gasteiger charge is 2.20. The second-order valence-corrected chi connectivity index (χ2v) is 4.89. The number of nitrogens with zero attached hydrogens (tertiary/aromatic N) is 2. The molecule has 0 atom stereocenters. The van der Waals surface area contributed by atoms with Crippen molar-refractivity contribution < 1.29 is 9.30 Å². The van der Waals surface area contributed by atoms with E-state index in [1.54, 1.807) is 0 Å². The zero-order valence-electron chi connectivity index (χ0n) is 12.1. The summed E-state index contributed by atoms with van der Waals surface area (Å²) in [4.78, 5) is 0. The van der Waals surface area contributed by atoms with E-state index in [1.807, 2.05) is 19.1 Å². The van der Waals surface area contributed by atoms with Crippen LogP contribution in [0.3, 0.4) is 0 Å². The van der Waals surface area contributed by atoms with Crippen LogP contribution in [0.5, 0.6) is 5.75 Å². The normalized spacial score (nSPS) is 10.9. The van der Waals surface area contributed by atoms with Crippen LogP contribution in [0.4, 0.5) is 0 Å². The Morgan fingerprint density at radius 1 is 1.05 bits per heavy atom. The smallest absolute Gasteiger partial charge is 0.289 e. The molecule has 0 bridgehead atoms. The molecule has 0 N–H and O–H groups in total. The van der Waals surface area contributed by atoms with Crippen molar-refractivity contribution in [1.29, 1.82) is 0 Å². The minimum Gasteiger partial charge on any atom is -0.494 e. The molecule has 0 aliphatic carbocycles. The monoisotopic (exact) mass is 267 g/mol. The van der Waals surface area contributed by atoms with E-state index in [-0.39, 0.29) is 0 Å². The minimum atomic E-state index is 0.696. The highest BCUT2D eigenvalue weighted by molar-refractivity contribution is 5.75. The highest BCUT2D eigenvalue weighted by Crippen LogP contribution is 2.23. The number of fused-ring (bicyclic) bond motifs is 1. The van der Waals surface area contributed by atoms with E-state index in [9.17, 15) is 0 Å². The Bertz CT molecular complexity index is 703. The maximum absolute atomic E-state index is 5.50. The molecular weight excluding hydrogens is 248 g/mol. The first-order valence-electron chi connectivity index (χ1n) is 6.89. The van der Waals surface area contributed by atoms with Crippen molar-refractivity contribution in [3.05, 3.63) is 48.5 Å². The first-order chi connectivity index (χ1) is 9.72. The third kappa shape index (κ3) is 1.95. The lowest BCUT2D eigenvalue weighted by molar-refractivity contribution is -0.634. The molecule has 1 heterocycles. The summed E-state index contributed by atoms with van der Waals surface area (Å²) >= 11 is 0. The van der Waals surface area contributed by atoms with Gasteiger partial charge in [0.2, 0.25) is 0 Å². The van der Waals surface area contributed by atoms with Gasteiger partial charge in [0.05, 0.1) is 26.3 Å². The second-order valence-electron chi connectivity index (χ2n) is 4.89. The Hall–Kier alpha value is -2.29. The number of para-hydroxylation sites is 2. The first-order valence-corrected chi connectivity index (χ1v) is 6.89. The van der Waals surface area contributed by atoms with Gasteiger partial charge in [0.25, 0.3) is 5.82 Å². The fraction of sp³-hybridized carbons (Fsp3) is 0.235. The predicted octanol–water partition coefficient (Wildman–Crippen LogP) is 3.07. The SMILES string of the molecule is CCOc1ccc(-c2n(C)c3ccccc3[n+]2C)cc1. The Kier molecular flexibility index (Phi) is 3.18. The van der Waals surface area contributed by atoms with Crippen molar-refractivity contribution in [2.24, 2.45) is 14.1 Å². The van der Waals surface area contributed by atoms with E-state index in [0.29, 0.717) is 6.61 Å². The number of rotatable bonds is 3. The van der Waals surface area contributed by atoms with Gasteiger partial charge < -0.3 is 4.74 Å². The van der Waals surface area contributed by atoms with Gasteiger partial charge in [-0.05, 0) is 43.3 Å². The van der Waals surface area contributed by atoms with Crippen LogP contribution in [-0.2, 0) is 14.1 Å². The van der Waals surface area contributed by atoms with Crippen molar-refractivity contribution in [2.75, 3.05) is 6.61 Å². The van der Waals surface area contributed by atoms with Gasteiger partial charge in [-0.25, -0.2) is 9.13 Å². The average molecular weight is 267 g/mol. The Morgan fingerprint density at radius 2 is 1.75 bits per heavy atom. The number of ether oxygens (including phenoxy) is 1. The summed E-state index contributed by atoms with van der Waals surface area (Å²) in [5, 5.41) is 0. The standard InChI is InChI=1S/C17H19N2O/c1-4-20-14-11-9-13(10-12-14)17-18(2)15-7-5-6-8-16(15)19(17)3/h5-12H,4H2,1-3H3/q+1. The molecule has 0 fully saturated rings. The lowest BCUT2D eigenvalue weighted by Gasteiger charge is -2.03. The number of aromatic nitrogens is 2. The summed E-state index contributed by atoms with van der Waals surface area (Å²) in [5.74, 6) is 2.10. The van der Waals surface area contributed by atoms with E-state index >= 15 is 0 Å². The van der Waals surface area contributed by atoms with Gasteiger partial charge in [-0.1, -0.05) is 12.1 Å². The van der Waals surface area contributed by atoms with E-state index in [4.69, 9.17) is 4.74 Å². The molecule has 0 aliphatic rings. The summed E-state index contributed by atoms with van der Waals surface area (Å²) in [6, 6.07) is 16.7. The first kappa shape index (κ1) is 12.7. The van der Waals surface area contributed by atoms with Gasteiger partial charge in [-0.2, -0.15) is 0 Å². The molecule has 3 rings (SSSR count). The van der Waals surface area contributed by atoms with Gasteiger partial charge in [0, 0.05) is 0 Å². The fourth-order valence-corrected chi connectivity index (χ4v) is 2.74. The molecule has 0 saturated carbocycles. The van der Waals surface area contributed by atoms with Gasteiger partial charge in [0.15, 0.2) is 11.0 Å². The maximum Gasteiger partial charge on any atom is 0.289 e. The Labute approximate surface area is 119 Å². The topological polar surface area (TPSA) is 18.0 Å². The largest absolute Gasteiger partial charge is 0.494 e.